The lowest BCUT2D eigenvalue weighted by Gasteiger charge is -2.27. The van der Waals surface area contributed by atoms with Gasteiger partial charge in [-0.05, 0) is 54.6 Å². The van der Waals surface area contributed by atoms with E-state index in [9.17, 15) is 9.59 Å². The minimum absolute atomic E-state index is 0.0841. The molecule has 7 nitrogen and oxygen atoms in total. The van der Waals surface area contributed by atoms with Crippen molar-refractivity contribution in [2.45, 2.75) is 0 Å². The second-order valence-electron chi connectivity index (χ2n) is 7.47. The van der Waals surface area contributed by atoms with Crippen LogP contribution in [-0.2, 0) is 9.53 Å². The number of methoxy groups -OCH3 is 1. The van der Waals surface area contributed by atoms with Crippen LogP contribution < -0.4 is 10.1 Å². The first-order valence-electron chi connectivity index (χ1n) is 10.5. The molecule has 1 fully saturated rings. The average Bonchev–Trinajstić information content (AvgIpc) is 3.33. The van der Waals surface area contributed by atoms with Crippen LogP contribution in [0.1, 0.15) is 16.1 Å². The van der Waals surface area contributed by atoms with Gasteiger partial charge in [0.2, 0.25) is 0 Å². The smallest absolute Gasteiger partial charge is 0.270 e. The van der Waals surface area contributed by atoms with Gasteiger partial charge in [-0.3, -0.25) is 9.59 Å². The number of ether oxygens (including phenoxy) is 2. The van der Waals surface area contributed by atoms with Gasteiger partial charge in [-0.1, -0.05) is 23.2 Å². The average molecular weight is 501 g/mol. The van der Waals surface area contributed by atoms with Gasteiger partial charge in [0.1, 0.15) is 23.0 Å². The van der Waals surface area contributed by atoms with Crippen LogP contribution in [0.25, 0.3) is 17.4 Å². The Kier molecular flexibility index (Phi) is 7.57. The van der Waals surface area contributed by atoms with Gasteiger partial charge in [-0.2, -0.15) is 0 Å². The Morgan fingerprint density at radius 1 is 1.03 bits per heavy atom. The number of morpholine rings is 1. The standard InChI is InChI=1S/C25H22Cl2N2O5/c1-32-18-5-2-16(3-6-18)24(30)28-22(25(31)29-10-12-33-13-11-29)15-19-7-9-23(34-19)20-14-17(26)4-8-21(20)27/h2-9,14-15H,10-13H2,1H3,(H,28,30)/b22-15-. The highest BCUT2D eigenvalue weighted by Crippen LogP contribution is 2.32. The lowest BCUT2D eigenvalue weighted by Crippen LogP contribution is -2.44. The molecule has 4 rings (SSSR count). The van der Waals surface area contributed by atoms with Gasteiger partial charge in [0.05, 0.1) is 25.3 Å². The molecule has 2 aromatic carbocycles. The van der Waals surface area contributed by atoms with Crippen LogP contribution in [0.2, 0.25) is 10.0 Å². The lowest BCUT2D eigenvalue weighted by molar-refractivity contribution is -0.131. The molecule has 0 radical (unpaired) electrons. The summed E-state index contributed by atoms with van der Waals surface area (Å²) in [6, 6.07) is 15.1. The molecule has 2 amide bonds. The van der Waals surface area contributed by atoms with Crippen molar-refractivity contribution in [1.82, 2.24) is 10.2 Å². The monoisotopic (exact) mass is 500 g/mol. The summed E-state index contributed by atoms with van der Waals surface area (Å²) < 4.78 is 16.4. The fourth-order valence-electron chi connectivity index (χ4n) is 3.43. The van der Waals surface area contributed by atoms with E-state index in [-0.39, 0.29) is 11.6 Å². The van der Waals surface area contributed by atoms with Crippen LogP contribution in [0.15, 0.2) is 64.7 Å². The fourth-order valence-corrected chi connectivity index (χ4v) is 3.81. The summed E-state index contributed by atoms with van der Waals surface area (Å²) in [5, 5.41) is 3.72. The Morgan fingerprint density at radius 3 is 2.47 bits per heavy atom. The highest BCUT2D eigenvalue weighted by atomic mass is 35.5. The summed E-state index contributed by atoms with van der Waals surface area (Å²) in [6.07, 6.45) is 1.50. The first-order valence-corrected chi connectivity index (χ1v) is 11.3. The zero-order valence-corrected chi connectivity index (χ0v) is 19.9. The van der Waals surface area contributed by atoms with E-state index in [0.29, 0.717) is 64.7 Å². The molecule has 9 heteroatoms. The molecular weight excluding hydrogens is 479 g/mol. The third-order valence-electron chi connectivity index (χ3n) is 5.24. The van der Waals surface area contributed by atoms with E-state index in [4.69, 9.17) is 37.1 Å². The van der Waals surface area contributed by atoms with Crippen LogP contribution >= 0.6 is 23.2 Å². The van der Waals surface area contributed by atoms with Gasteiger partial charge in [-0.15, -0.1) is 0 Å². The zero-order valence-electron chi connectivity index (χ0n) is 18.3. The normalized spacial score (nSPS) is 14.1. The van der Waals surface area contributed by atoms with E-state index in [1.165, 1.54) is 6.08 Å². The van der Waals surface area contributed by atoms with E-state index in [0.717, 1.165) is 0 Å². The molecule has 3 aromatic rings. The Bertz CT molecular complexity index is 1210. The quantitative estimate of drug-likeness (QED) is 0.487. The number of amides is 2. The van der Waals surface area contributed by atoms with Crippen LogP contribution in [0.5, 0.6) is 5.75 Å². The number of carbonyl (C=O) groups is 2. The summed E-state index contributed by atoms with van der Waals surface area (Å²) >= 11 is 12.4. The summed E-state index contributed by atoms with van der Waals surface area (Å²) in [5.74, 6) is 0.722. The van der Waals surface area contributed by atoms with Gasteiger partial charge in [0.15, 0.2) is 0 Å². The number of rotatable bonds is 6. The van der Waals surface area contributed by atoms with Crippen molar-refractivity contribution >= 4 is 41.1 Å². The Morgan fingerprint density at radius 2 is 1.76 bits per heavy atom. The molecule has 1 aliphatic heterocycles. The largest absolute Gasteiger partial charge is 0.497 e. The molecule has 0 aliphatic carbocycles. The molecule has 0 saturated carbocycles. The maximum atomic E-state index is 13.2. The molecule has 1 N–H and O–H groups in total. The number of carbonyl (C=O) groups excluding carboxylic acids is 2. The fraction of sp³-hybridized carbons (Fsp3) is 0.200. The van der Waals surface area contributed by atoms with Crippen molar-refractivity contribution in [2.75, 3.05) is 33.4 Å². The van der Waals surface area contributed by atoms with Gasteiger partial charge in [0.25, 0.3) is 11.8 Å². The molecule has 176 valence electrons. The molecule has 34 heavy (non-hydrogen) atoms. The predicted octanol–water partition coefficient (Wildman–Crippen LogP) is 4.89. The third kappa shape index (κ3) is 5.62. The van der Waals surface area contributed by atoms with E-state index in [1.807, 2.05) is 0 Å². The van der Waals surface area contributed by atoms with Crippen LogP contribution in [-0.4, -0.2) is 50.1 Å². The van der Waals surface area contributed by atoms with Gasteiger partial charge < -0.3 is 24.1 Å². The van der Waals surface area contributed by atoms with Crippen LogP contribution in [0.3, 0.4) is 0 Å². The highest BCUT2D eigenvalue weighted by molar-refractivity contribution is 6.35. The van der Waals surface area contributed by atoms with Gasteiger partial charge in [0, 0.05) is 35.3 Å². The summed E-state index contributed by atoms with van der Waals surface area (Å²) in [6.45, 7) is 1.72. The number of hydrogen-bond acceptors (Lipinski definition) is 5. The third-order valence-corrected chi connectivity index (χ3v) is 5.80. The minimum atomic E-state index is -0.430. The number of benzene rings is 2. The van der Waals surface area contributed by atoms with Crippen LogP contribution in [0, 0.1) is 0 Å². The van der Waals surface area contributed by atoms with Crippen molar-refractivity contribution in [3.63, 3.8) is 0 Å². The summed E-state index contributed by atoms with van der Waals surface area (Å²) in [5.41, 5.74) is 1.09. The summed E-state index contributed by atoms with van der Waals surface area (Å²) in [7, 11) is 1.55. The molecule has 1 saturated heterocycles. The zero-order chi connectivity index (χ0) is 24.1. The molecule has 0 atom stereocenters. The molecule has 0 bridgehead atoms. The topological polar surface area (TPSA) is 81.0 Å². The molecular formula is C25H22Cl2N2O5. The molecule has 2 heterocycles. The number of nitrogens with one attached hydrogen (secondary N) is 1. The number of nitrogens with zero attached hydrogens (tertiary/aromatic N) is 1. The maximum Gasteiger partial charge on any atom is 0.270 e. The molecule has 1 aliphatic rings. The number of hydrogen-bond donors (Lipinski definition) is 1. The first-order chi connectivity index (χ1) is 16.4. The SMILES string of the molecule is COc1ccc(C(=O)N/C(=C\c2ccc(-c3cc(Cl)ccc3Cl)o2)C(=O)N2CCOCC2)cc1. The predicted molar refractivity (Wildman–Crippen MR) is 130 cm³/mol. The lowest BCUT2D eigenvalue weighted by atomic mass is 10.2. The van der Waals surface area contributed by atoms with Crippen molar-refractivity contribution in [3.05, 3.63) is 81.7 Å². The maximum absolute atomic E-state index is 13.2. The second kappa shape index (κ2) is 10.8. The Hall–Kier alpha value is -3.26. The van der Waals surface area contributed by atoms with Crippen molar-refractivity contribution < 1.29 is 23.5 Å². The molecule has 0 unspecified atom stereocenters. The molecule has 0 spiro atoms. The number of furan rings is 1. The van der Waals surface area contributed by atoms with E-state index < -0.39 is 5.91 Å². The number of halogens is 2. The van der Waals surface area contributed by atoms with E-state index >= 15 is 0 Å². The molecule has 1 aromatic heterocycles. The Balaban J connectivity index is 1.63. The summed E-state index contributed by atoms with van der Waals surface area (Å²) in [4.78, 5) is 27.7. The van der Waals surface area contributed by atoms with E-state index in [2.05, 4.69) is 5.32 Å². The van der Waals surface area contributed by atoms with Crippen molar-refractivity contribution in [1.29, 1.82) is 0 Å². The highest BCUT2D eigenvalue weighted by Gasteiger charge is 2.23. The van der Waals surface area contributed by atoms with Crippen molar-refractivity contribution in [3.8, 4) is 17.1 Å². The first kappa shape index (κ1) is 23.9. The van der Waals surface area contributed by atoms with Gasteiger partial charge in [-0.25, -0.2) is 0 Å². The second-order valence-corrected chi connectivity index (χ2v) is 8.32. The van der Waals surface area contributed by atoms with Crippen molar-refractivity contribution in [2.24, 2.45) is 0 Å². The minimum Gasteiger partial charge on any atom is -0.497 e. The van der Waals surface area contributed by atoms with Crippen LogP contribution in [0.4, 0.5) is 0 Å². The Labute approximate surface area is 206 Å². The van der Waals surface area contributed by atoms with Gasteiger partial charge >= 0.3 is 0 Å². The van der Waals surface area contributed by atoms with E-state index in [1.54, 1.807) is 66.6 Å².